The van der Waals surface area contributed by atoms with Crippen molar-refractivity contribution >= 4 is 5.78 Å². The molecule has 7 heteroatoms. The van der Waals surface area contributed by atoms with Crippen LogP contribution in [0.3, 0.4) is 0 Å². The Morgan fingerprint density at radius 1 is 0.650 bits per heavy atom. The number of hydrogen-bond donors (Lipinski definition) is 6. The molecule has 0 saturated heterocycles. The van der Waals surface area contributed by atoms with Crippen LogP contribution in [0, 0.1) is 0 Å². The first kappa shape index (κ1) is 13.3. The normalized spacial score (nSPS) is 10.4. The van der Waals surface area contributed by atoms with Gasteiger partial charge in [0.15, 0.2) is 23.0 Å². The topological polar surface area (TPSA) is 138 Å². The smallest absolute Gasteiger partial charge is 0.201 e. The van der Waals surface area contributed by atoms with E-state index in [1.807, 2.05) is 0 Å². The monoisotopic (exact) mass is 278 g/mol. The summed E-state index contributed by atoms with van der Waals surface area (Å²) in [5.41, 5.74) is -0.995. The zero-order valence-corrected chi connectivity index (χ0v) is 9.90. The lowest BCUT2D eigenvalue weighted by atomic mass is 10.00. The summed E-state index contributed by atoms with van der Waals surface area (Å²) in [5, 5.41) is 56.5. The van der Waals surface area contributed by atoms with Gasteiger partial charge in [-0.1, -0.05) is 0 Å². The number of benzene rings is 2. The van der Waals surface area contributed by atoms with Crippen LogP contribution in [0.15, 0.2) is 24.3 Å². The van der Waals surface area contributed by atoms with Gasteiger partial charge in [-0.2, -0.15) is 0 Å². The summed E-state index contributed by atoms with van der Waals surface area (Å²) in [7, 11) is 0. The zero-order chi connectivity index (χ0) is 15.0. The van der Waals surface area contributed by atoms with Crippen molar-refractivity contribution in [3.8, 4) is 34.5 Å². The Hall–Kier alpha value is -3.09. The molecule has 0 aliphatic heterocycles. The first-order valence-corrected chi connectivity index (χ1v) is 5.36. The van der Waals surface area contributed by atoms with E-state index >= 15 is 0 Å². The molecule has 2 rings (SSSR count). The summed E-state index contributed by atoms with van der Waals surface area (Å²) in [6.45, 7) is 0. The summed E-state index contributed by atoms with van der Waals surface area (Å²) in [6.07, 6.45) is 0. The fraction of sp³-hybridized carbons (Fsp3) is 0. The molecule has 20 heavy (non-hydrogen) atoms. The number of aromatic hydroxyl groups is 6. The van der Waals surface area contributed by atoms with Crippen molar-refractivity contribution in [2.45, 2.75) is 0 Å². The van der Waals surface area contributed by atoms with Gasteiger partial charge in [-0.15, -0.1) is 0 Å². The van der Waals surface area contributed by atoms with E-state index in [1.165, 1.54) is 0 Å². The van der Waals surface area contributed by atoms with Crippen molar-refractivity contribution < 1.29 is 35.4 Å². The van der Waals surface area contributed by atoms with Crippen molar-refractivity contribution in [3.05, 3.63) is 35.4 Å². The number of phenolic OH excluding ortho intramolecular Hbond substituents is 6. The van der Waals surface area contributed by atoms with Crippen LogP contribution in [-0.2, 0) is 0 Å². The minimum atomic E-state index is -1.00. The molecular weight excluding hydrogens is 268 g/mol. The second kappa shape index (κ2) is 4.54. The van der Waals surface area contributed by atoms with Gasteiger partial charge in [-0.3, -0.25) is 4.79 Å². The van der Waals surface area contributed by atoms with Crippen LogP contribution in [0.1, 0.15) is 15.9 Å². The standard InChI is InChI=1S/C13H10O7/c14-5-1-7(12(19)9(16)3-5)11(18)8-2-6(15)4-10(17)13(8)20/h1-4,14-17,19-20H. The highest BCUT2D eigenvalue weighted by Crippen LogP contribution is 2.39. The predicted octanol–water partition coefficient (Wildman–Crippen LogP) is 1.15. The van der Waals surface area contributed by atoms with Crippen LogP contribution in [0.2, 0.25) is 0 Å². The van der Waals surface area contributed by atoms with Gasteiger partial charge in [-0.25, -0.2) is 0 Å². The number of phenols is 6. The highest BCUT2D eigenvalue weighted by molar-refractivity contribution is 6.13. The minimum absolute atomic E-state index is 0.479. The third kappa shape index (κ3) is 2.12. The molecule has 0 amide bonds. The number of carbonyl (C=O) groups excluding carboxylic acids is 1. The molecule has 0 aliphatic carbocycles. The highest BCUT2D eigenvalue weighted by atomic mass is 16.3. The van der Waals surface area contributed by atoms with E-state index < -0.39 is 51.4 Å². The SMILES string of the molecule is O=C(c1cc(O)cc(O)c1O)c1cc(O)cc(O)c1O. The molecule has 0 fully saturated rings. The van der Waals surface area contributed by atoms with Gasteiger partial charge in [0.2, 0.25) is 5.78 Å². The molecule has 2 aromatic carbocycles. The largest absolute Gasteiger partial charge is 0.508 e. The molecule has 0 heterocycles. The third-order valence-corrected chi connectivity index (χ3v) is 2.64. The molecule has 0 radical (unpaired) electrons. The number of hydrogen-bond acceptors (Lipinski definition) is 7. The Labute approximate surface area is 112 Å². The van der Waals surface area contributed by atoms with Gasteiger partial charge >= 0.3 is 0 Å². The molecule has 0 saturated carbocycles. The number of rotatable bonds is 2. The third-order valence-electron chi connectivity index (χ3n) is 2.64. The summed E-state index contributed by atoms with van der Waals surface area (Å²) >= 11 is 0. The van der Waals surface area contributed by atoms with E-state index in [0.29, 0.717) is 0 Å². The summed E-state index contributed by atoms with van der Waals surface area (Å²) in [5.74, 6) is -5.00. The Balaban J connectivity index is 2.64. The molecule has 0 spiro atoms. The van der Waals surface area contributed by atoms with Crippen molar-refractivity contribution in [1.82, 2.24) is 0 Å². The molecular formula is C13H10O7. The quantitative estimate of drug-likeness (QED) is 0.275. The predicted molar refractivity (Wildman–Crippen MR) is 66.3 cm³/mol. The molecule has 0 aromatic heterocycles. The second-order valence-corrected chi connectivity index (χ2v) is 4.05. The average molecular weight is 278 g/mol. The van der Waals surface area contributed by atoms with Gasteiger partial charge < -0.3 is 30.6 Å². The van der Waals surface area contributed by atoms with Crippen LogP contribution < -0.4 is 0 Å². The lowest BCUT2D eigenvalue weighted by molar-refractivity contribution is 0.103. The Kier molecular flexibility index (Phi) is 3.03. The number of carbonyl (C=O) groups is 1. The van der Waals surface area contributed by atoms with E-state index in [0.717, 1.165) is 24.3 Å². The molecule has 2 aromatic rings. The van der Waals surface area contributed by atoms with Gasteiger partial charge in [0.1, 0.15) is 11.5 Å². The van der Waals surface area contributed by atoms with E-state index in [-0.39, 0.29) is 0 Å². The molecule has 7 nitrogen and oxygen atoms in total. The molecule has 0 aliphatic rings. The first-order chi connectivity index (χ1) is 9.31. The average Bonchev–Trinajstić information content (AvgIpc) is 2.37. The lowest BCUT2D eigenvalue weighted by Gasteiger charge is -2.09. The van der Waals surface area contributed by atoms with E-state index in [9.17, 15) is 35.4 Å². The van der Waals surface area contributed by atoms with Crippen LogP contribution in [0.4, 0.5) is 0 Å². The maximum Gasteiger partial charge on any atom is 0.201 e. The minimum Gasteiger partial charge on any atom is -0.508 e. The van der Waals surface area contributed by atoms with Crippen molar-refractivity contribution in [3.63, 3.8) is 0 Å². The van der Waals surface area contributed by atoms with Crippen LogP contribution in [0.5, 0.6) is 34.5 Å². The molecule has 0 unspecified atom stereocenters. The fourth-order valence-electron chi connectivity index (χ4n) is 1.70. The fourth-order valence-corrected chi connectivity index (χ4v) is 1.70. The van der Waals surface area contributed by atoms with E-state index in [1.54, 1.807) is 0 Å². The van der Waals surface area contributed by atoms with Gasteiger partial charge in [-0.05, 0) is 12.1 Å². The molecule has 0 bridgehead atoms. The molecule has 0 atom stereocenters. The summed E-state index contributed by atoms with van der Waals surface area (Å²) in [6, 6.07) is 3.40. The van der Waals surface area contributed by atoms with Crippen molar-refractivity contribution in [2.75, 3.05) is 0 Å². The summed E-state index contributed by atoms with van der Waals surface area (Å²) in [4.78, 5) is 12.1. The van der Waals surface area contributed by atoms with Crippen LogP contribution in [0.25, 0.3) is 0 Å². The number of ketones is 1. The Morgan fingerprint density at radius 2 is 1.00 bits per heavy atom. The van der Waals surface area contributed by atoms with Gasteiger partial charge in [0.25, 0.3) is 0 Å². The van der Waals surface area contributed by atoms with Crippen LogP contribution in [-0.4, -0.2) is 36.4 Å². The lowest BCUT2D eigenvalue weighted by Crippen LogP contribution is -2.02. The maximum atomic E-state index is 12.1. The first-order valence-electron chi connectivity index (χ1n) is 5.36. The van der Waals surface area contributed by atoms with E-state index in [4.69, 9.17) is 0 Å². The highest BCUT2D eigenvalue weighted by Gasteiger charge is 2.22. The van der Waals surface area contributed by atoms with E-state index in [2.05, 4.69) is 0 Å². The Bertz CT molecular complexity index is 647. The second-order valence-electron chi connectivity index (χ2n) is 4.05. The Morgan fingerprint density at radius 3 is 1.35 bits per heavy atom. The summed E-state index contributed by atoms with van der Waals surface area (Å²) < 4.78 is 0. The zero-order valence-electron chi connectivity index (χ0n) is 9.90. The van der Waals surface area contributed by atoms with Gasteiger partial charge in [0, 0.05) is 12.1 Å². The van der Waals surface area contributed by atoms with Crippen molar-refractivity contribution in [2.24, 2.45) is 0 Å². The van der Waals surface area contributed by atoms with Crippen molar-refractivity contribution in [1.29, 1.82) is 0 Å². The maximum absolute atomic E-state index is 12.1. The van der Waals surface area contributed by atoms with Crippen LogP contribution >= 0.6 is 0 Å². The molecule has 6 N–H and O–H groups in total. The van der Waals surface area contributed by atoms with Gasteiger partial charge in [0.05, 0.1) is 11.1 Å². The molecule has 104 valence electrons.